The number of benzene rings is 1. The predicted octanol–water partition coefficient (Wildman–Crippen LogP) is 3.34. The average Bonchev–Trinajstić information content (AvgIpc) is 2.44. The van der Waals surface area contributed by atoms with Crippen molar-refractivity contribution in [1.29, 1.82) is 0 Å². The number of para-hydroxylation sites is 1. The van der Waals surface area contributed by atoms with E-state index in [0.29, 0.717) is 11.6 Å². The van der Waals surface area contributed by atoms with Gasteiger partial charge in [0.2, 0.25) is 0 Å². The summed E-state index contributed by atoms with van der Waals surface area (Å²) >= 11 is 1.79. The summed E-state index contributed by atoms with van der Waals surface area (Å²) in [4.78, 5) is 15.6. The van der Waals surface area contributed by atoms with E-state index in [1.165, 1.54) is 6.20 Å². The summed E-state index contributed by atoms with van der Waals surface area (Å²) in [6.45, 7) is 2.89. The minimum Gasteiger partial charge on any atom is -0.478 e. The maximum absolute atomic E-state index is 11.4. The van der Waals surface area contributed by atoms with Gasteiger partial charge in [0.25, 0.3) is 0 Å². The van der Waals surface area contributed by atoms with Gasteiger partial charge in [0.1, 0.15) is 5.56 Å². The Hall–Kier alpha value is -1.75. The number of nitrogens with one attached hydrogen (secondary N) is 1. The quantitative estimate of drug-likeness (QED) is 0.854. The molecule has 2 aromatic rings. The summed E-state index contributed by atoms with van der Waals surface area (Å²) in [5.74, 6) is 0.556. The molecule has 4 nitrogen and oxygen atoms in total. The number of anilines is 1. The Labute approximate surface area is 122 Å². The Morgan fingerprint density at radius 3 is 2.90 bits per heavy atom. The average molecular weight is 290 g/mol. The zero-order valence-corrected chi connectivity index (χ0v) is 12.4. The SMILES string of the molecule is CSCC(C)CNc1c(C(=O)O)cnc2ccccc12. The normalized spacial score (nSPS) is 12.3. The Morgan fingerprint density at radius 1 is 1.45 bits per heavy atom. The van der Waals surface area contributed by atoms with Crippen molar-refractivity contribution in [3.8, 4) is 0 Å². The van der Waals surface area contributed by atoms with E-state index in [-0.39, 0.29) is 5.56 Å². The van der Waals surface area contributed by atoms with Crippen LogP contribution in [0, 0.1) is 5.92 Å². The number of fused-ring (bicyclic) bond motifs is 1. The van der Waals surface area contributed by atoms with E-state index >= 15 is 0 Å². The van der Waals surface area contributed by atoms with E-state index in [4.69, 9.17) is 0 Å². The lowest BCUT2D eigenvalue weighted by Crippen LogP contribution is -2.16. The van der Waals surface area contributed by atoms with E-state index in [0.717, 1.165) is 23.2 Å². The van der Waals surface area contributed by atoms with Gasteiger partial charge in [-0.1, -0.05) is 25.1 Å². The molecule has 0 fully saturated rings. The molecule has 0 aliphatic carbocycles. The van der Waals surface area contributed by atoms with Gasteiger partial charge in [-0.2, -0.15) is 11.8 Å². The molecule has 0 bridgehead atoms. The summed E-state index contributed by atoms with van der Waals surface area (Å²) < 4.78 is 0. The largest absolute Gasteiger partial charge is 0.478 e. The Morgan fingerprint density at radius 2 is 2.20 bits per heavy atom. The van der Waals surface area contributed by atoms with Gasteiger partial charge in [0, 0.05) is 18.1 Å². The molecule has 20 heavy (non-hydrogen) atoms. The number of aromatic carboxylic acids is 1. The molecule has 1 atom stereocenters. The highest BCUT2D eigenvalue weighted by atomic mass is 32.2. The van der Waals surface area contributed by atoms with Crippen LogP contribution in [-0.4, -0.2) is 34.6 Å². The Kier molecular flexibility index (Phi) is 4.84. The van der Waals surface area contributed by atoms with E-state index < -0.39 is 5.97 Å². The van der Waals surface area contributed by atoms with Gasteiger partial charge < -0.3 is 10.4 Å². The van der Waals surface area contributed by atoms with Crippen LogP contribution in [-0.2, 0) is 0 Å². The number of carbonyl (C=O) groups is 1. The van der Waals surface area contributed by atoms with Gasteiger partial charge in [0.15, 0.2) is 0 Å². The Balaban J connectivity index is 2.37. The smallest absolute Gasteiger partial charge is 0.339 e. The lowest BCUT2D eigenvalue weighted by atomic mass is 10.1. The third-order valence-corrected chi connectivity index (χ3v) is 3.99. The minimum atomic E-state index is -0.955. The molecule has 0 radical (unpaired) electrons. The molecular weight excluding hydrogens is 272 g/mol. The molecule has 0 saturated heterocycles. The second kappa shape index (κ2) is 6.61. The lowest BCUT2D eigenvalue weighted by molar-refractivity contribution is 0.0697. The molecule has 2 rings (SSSR count). The molecule has 0 amide bonds. The van der Waals surface area contributed by atoms with Crippen LogP contribution in [0.4, 0.5) is 5.69 Å². The second-order valence-corrected chi connectivity index (χ2v) is 5.72. The molecule has 0 aliphatic rings. The zero-order valence-electron chi connectivity index (χ0n) is 11.6. The van der Waals surface area contributed by atoms with Gasteiger partial charge in [-0.3, -0.25) is 4.98 Å². The lowest BCUT2D eigenvalue weighted by Gasteiger charge is -2.15. The number of thioether (sulfide) groups is 1. The number of rotatable bonds is 6. The molecule has 1 unspecified atom stereocenters. The molecular formula is C15H18N2O2S. The number of aromatic nitrogens is 1. The predicted molar refractivity (Wildman–Crippen MR) is 84.7 cm³/mol. The van der Waals surface area contributed by atoms with Gasteiger partial charge in [-0.05, 0) is 24.0 Å². The van der Waals surface area contributed by atoms with Crippen LogP contribution < -0.4 is 5.32 Å². The molecule has 2 N–H and O–H groups in total. The topological polar surface area (TPSA) is 62.2 Å². The van der Waals surface area contributed by atoms with Crippen LogP contribution in [0.25, 0.3) is 10.9 Å². The van der Waals surface area contributed by atoms with Gasteiger partial charge in [-0.25, -0.2) is 4.79 Å². The number of hydrogen-bond donors (Lipinski definition) is 2. The molecule has 5 heteroatoms. The van der Waals surface area contributed by atoms with Gasteiger partial charge in [0.05, 0.1) is 11.2 Å². The highest BCUT2D eigenvalue weighted by Gasteiger charge is 2.14. The van der Waals surface area contributed by atoms with Crippen molar-refractivity contribution in [3.05, 3.63) is 36.0 Å². The molecule has 0 saturated carbocycles. The number of nitrogens with zero attached hydrogens (tertiary/aromatic N) is 1. The maximum Gasteiger partial charge on any atom is 0.339 e. The van der Waals surface area contributed by atoms with Crippen molar-refractivity contribution >= 4 is 34.3 Å². The molecule has 0 spiro atoms. The van der Waals surface area contributed by atoms with E-state index in [1.54, 1.807) is 11.8 Å². The fourth-order valence-corrected chi connectivity index (χ4v) is 2.80. The monoisotopic (exact) mass is 290 g/mol. The van der Waals surface area contributed by atoms with Crippen LogP contribution in [0.5, 0.6) is 0 Å². The van der Waals surface area contributed by atoms with Crippen molar-refractivity contribution in [3.63, 3.8) is 0 Å². The molecule has 106 valence electrons. The van der Waals surface area contributed by atoms with Crippen molar-refractivity contribution in [2.24, 2.45) is 5.92 Å². The third kappa shape index (κ3) is 3.22. The molecule has 1 aromatic carbocycles. The van der Waals surface area contributed by atoms with Crippen molar-refractivity contribution in [2.75, 3.05) is 23.9 Å². The standard InChI is InChI=1S/C15H18N2O2S/c1-10(9-20-2)7-17-14-11-5-3-4-6-13(11)16-8-12(14)15(18)19/h3-6,8,10H,7,9H2,1-2H3,(H,16,17)(H,18,19). The molecule has 1 heterocycles. The number of hydrogen-bond acceptors (Lipinski definition) is 4. The zero-order chi connectivity index (χ0) is 14.5. The highest BCUT2D eigenvalue weighted by molar-refractivity contribution is 7.98. The van der Waals surface area contributed by atoms with Crippen LogP contribution in [0.2, 0.25) is 0 Å². The van der Waals surface area contributed by atoms with Crippen molar-refractivity contribution in [2.45, 2.75) is 6.92 Å². The number of carboxylic acid groups (broad SMARTS) is 1. The third-order valence-electron chi connectivity index (χ3n) is 3.08. The Bertz CT molecular complexity index is 616. The molecule has 0 aliphatic heterocycles. The van der Waals surface area contributed by atoms with Crippen LogP contribution >= 0.6 is 11.8 Å². The fourth-order valence-electron chi connectivity index (χ4n) is 2.11. The van der Waals surface area contributed by atoms with Gasteiger partial charge >= 0.3 is 5.97 Å². The van der Waals surface area contributed by atoms with E-state index in [2.05, 4.69) is 23.5 Å². The fraction of sp³-hybridized carbons (Fsp3) is 0.333. The highest BCUT2D eigenvalue weighted by Crippen LogP contribution is 2.26. The van der Waals surface area contributed by atoms with Crippen molar-refractivity contribution in [1.82, 2.24) is 4.98 Å². The van der Waals surface area contributed by atoms with E-state index in [9.17, 15) is 9.90 Å². The summed E-state index contributed by atoms with van der Waals surface area (Å²) in [6.07, 6.45) is 3.49. The summed E-state index contributed by atoms with van der Waals surface area (Å²) in [7, 11) is 0. The van der Waals surface area contributed by atoms with Gasteiger partial charge in [-0.15, -0.1) is 0 Å². The first-order valence-electron chi connectivity index (χ1n) is 6.47. The second-order valence-electron chi connectivity index (χ2n) is 4.81. The van der Waals surface area contributed by atoms with Crippen LogP contribution in [0.1, 0.15) is 17.3 Å². The first-order valence-corrected chi connectivity index (χ1v) is 7.86. The maximum atomic E-state index is 11.4. The summed E-state index contributed by atoms with van der Waals surface area (Å²) in [5.41, 5.74) is 1.69. The summed E-state index contributed by atoms with van der Waals surface area (Å²) in [6, 6.07) is 7.58. The van der Waals surface area contributed by atoms with Crippen LogP contribution in [0.3, 0.4) is 0 Å². The van der Waals surface area contributed by atoms with E-state index in [1.807, 2.05) is 24.3 Å². The van der Waals surface area contributed by atoms with Crippen LogP contribution in [0.15, 0.2) is 30.5 Å². The summed E-state index contributed by atoms with van der Waals surface area (Å²) in [5, 5.41) is 13.4. The first-order chi connectivity index (χ1) is 9.63. The molecule has 1 aromatic heterocycles. The first kappa shape index (κ1) is 14.7. The number of pyridine rings is 1. The number of carboxylic acids is 1. The van der Waals surface area contributed by atoms with Crippen molar-refractivity contribution < 1.29 is 9.90 Å². The minimum absolute atomic E-state index is 0.222.